The van der Waals surface area contributed by atoms with Crippen LogP contribution in [0.1, 0.15) is 18.4 Å². The number of hydrogen-bond acceptors (Lipinski definition) is 5. The SMILES string of the molecule is C=CC(=O)NC1CC2CN(S(=O)(=O)c3ccc(Oc4ncc(C(F)(F)F)cc4Cl)cc3)CC2C1. The second-order valence-corrected chi connectivity index (χ2v) is 10.7. The molecule has 2 fully saturated rings. The van der Waals surface area contributed by atoms with Gasteiger partial charge in [-0.05, 0) is 61.1 Å². The van der Waals surface area contributed by atoms with Crippen LogP contribution in [-0.2, 0) is 21.0 Å². The third kappa shape index (κ3) is 5.06. The molecule has 2 heterocycles. The lowest BCUT2D eigenvalue weighted by molar-refractivity contribution is -0.137. The summed E-state index contributed by atoms with van der Waals surface area (Å²) in [4.78, 5) is 15.2. The molecule has 0 spiro atoms. The maximum absolute atomic E-state index is 13.1. The zero-order valence-corrected chi connectivity index (χ0v) is 19.3. The summed E-state index contributed by atoms with van der Waals surface area (Å²) in [5, 5.41) is 2.55. The summed E-state index contributed by atoms with van der Waals surface area (Å²) >= 11 is 5.85. The number of carbonyl (C=O) groups is 1. The van der Waals surface area contributed by atoms with Gasteiger partial charge in [-0.3, -0.25) is 4.79 Å². The zero-order chi connectivity index (χ0) is 24.7. The maximum atomic E-state index is 13.1. The van der Waals surface area contributed by atoms with E-state index in [9.17, 15) is 26.4 Å². The Kier molecular flexibility index (Phi) is 6.63. The third-order valence-corrected chi connectivity index (χ3v) is 8.18. The van der Waals surface area contributed by atoms with Crippen molar-refractivity contribution in [1.29, 1.82) is 0 Å². The van der Waals surface area contributed by atoms with Crippen LogP contribution < -0.4 is 10.1 Å². The smallest absolute Gasteiger partial charge is 0.417 e. The van der Waals surface area contributed by atoms with Crippen LogP contribution in [-0.4, -0.2) is 42.7 Å². The van der Waals surface area contributed by atoms with Gasteiger partial charge in [0.25, 0.3) is 0 Å². The van der Waals surface area contributed by atoms with Crippen molar-refractivity contribution >= 4 is 27.5 Å². The van der Waals surface area contributed by atoms with Crippen molar-refractivity contribution in [3.63, 3.8) is 0 Å². The van der Waals surface area contributed by atoms with E-state index in [1.807, 2.05) is 0 Å². The van der Waals surface area contributed by atoms with Gasteiger partial charge in [-0.2, -0.15) is 17.5 Å². The number of nitrogens with zero attached hydrogens (tertiary/aromatic N) is 2. The molecule has 1 saturated heterocycles. The van der Waals surface area contributed by atoms with E-state index in [-0.39, 0.29) is 45.3 Å². The molecule has 12 heteroatoms. The standard InChI is InChI=1S/C22H21ClF3N3O4S/c1-2-20(30)28-16-7-13-11-29(12-14(13)8-16)34(31,32)18-5-3-17(4-6-18)33-21-19(23)9-15(10-27-21)22(24,25)26/h2-6,9-10,13-14,16H,1,7-8,11-12H2,(H,28,30). The minimum atomic E-state index is -4.58. The molecule has 1 saturated carbocycles. The van der Waals surface area contributed by atoms with E-state index in [4.69, 9.17) is 16.3 Å². The van der Waals surface area contributed by atoms with E-state index < -0.39 is 21.8 Å². The van der Waals surface area contributed by atoms with Crippen molar-refractivity contribution in [2.75, 3.05) is 13.1 Å². The number of hydrogen-bond donors (Lipinski definition) is 1. The highest BCUT2D eigenvalue weighted by Gasteiger charge is 2.45. The number of aromatic nitrogens is 1. The van der Waals surface area contributed by atoms with Crippen LogP contribution in [0.2, 0.25) is 5.02 Å². The van der Waals surface area contributed by atoms with Crippen LogP contribution in [0.3, 0.4) is 0 Å². The van der Waals surface area contributed by atoms with Gasteiger partial charge in [0.2, 0.25) is 21.8 Å². The first-order valence-electron chi connectivity index (χ1n) is 10.4. The number of nitrogens with one attached hydrogen (secondary N) is 1. The molecule has 1 aromatic carbocycles. The van der Waals surface area contributed by atoms with Gasteiger partial charge < -0.3 is 10.1 Å². The largest absolute Gasteiger partial charge is 0.438 e. The van der Waals surface area contributed by atoms with Crippen molar-refractivity contribution < 1.29 is 31.1 Å². The number of halogens is 4. The molecule has 2 aromatic rings. The number of benzene rings is 1. The second kappa shape index (κ2) is 9.20. The van der Waals surface area contributed by atoms with Gasteiger partial charge in [-0.1, -0.05) is 18.2 Å². The number of amides is 1. The number of rotatable bonds is 6. The van der Waals surface area contributed by atoms with Crippen LogP contribution in [0, 0.1) is 11.8 Å². The molecule has 2 unspecified atom stereocenters. The van der Waals surface area contributed by atoms with E-state index >= 15 is 0 Å². The molecule has 0 radical (unpaired) electrons. The summed E-state index contributed by atoms with van der Waals surface area (Å²) in [6, 6.07) is 6.24. The fourth-order valence-corrected chi connectivity index (χ4v) is 6.19. The molecule has 4 rings (SSSR count). The lowest BCUT2D eigenvalue weighted by Crippen LogP contribution is -2.35. The summed E-state index contributed by atoms with van der Waals surface area (Å²) in [5.74, 6) is 0.0493. The number of alkyl halides is 3. The predicted octanol–water partition coefficient (Wildman–Crippen LogP) is 4.25. The van der Waals surface area contributed by atoms with Gasteiger partial charge in [0.05, 0.1) is 10.5 Å². The summed E-state index contributed by atoms with van der Waals surface area (Å²) in [7, 11) is -3.74. The first-order valence-corrected chi connectivity index (χ1v) is 12.2. The Morgan fingerprint density at radius 1 is 1.21 bits per heavy atom. The van der Waals surface area contributed by atoms with Gasteiger partial charge in [-0.15, -0.1) is 0 Å². The Hall–Kier alpha value is -2.63. The Labute approximate surface area is 199 Å². The molecular formula is C22H21ClF3N3O4S. The summed E-state index contributed by atoms with van der Waals surface area (Å²) in [6.45, 7) is 4.18. The molecule has 0 bridgehead atoms. The lowest BCUT2D eigenvalue weighted by atomic mass is 10.0. The predicted molar refractivity (Wildman–Crippen MR) is 118 cm³/mol. The fourth-order valence-electron chi connectivity index (χ4n) is 4.43. The minimum absolute atomic E-state index is 0.0208. The van der Waals surface area contributed by atoms with E-state index in [0.29, 0.717) is 38.2 Å². The normalized spacial score (nSPS) is 22.9. The molecule has 34 heavy (non-hydrogen) atoms. The summed E-state index contributed by atoms with van der Waals surface area (Å²) in [5.41, 5.74) is -1.00. The minimum Gasteiger partial charge on any atom is -0.438 e. The van der Waals surface area contributed by atoms with Crippen molar-refractivity contribution in [1.82, 2.24) is 14.6 Å². The first-order chi connectivity index (χ1) is 16.0. The van der Waals surface area contributed by atoms with Crippen molar-refractivity contribution in [2.45, 2.75) is 30.0 Å². The van der Waals surface area contributed by atoms with Crippen molar-refractivity contribution in [3.8, 4) is 11.6 Å². The Morgan fingerprint density at radius 2 is 1.82 bits per heavy atom. The van der Waals surface area contributed by atoms with E-state index in [1.165, 1.54) is 34.6 Å². The number of ether oxygens (including phenoxy) is 1. The Balaban J connectivity index is 1.40. The average molecular weight is 516 g/mol. The van der Waals surface area contributed by atoms with Crippen LogP contribution in [0.15, 0.2) is 54.1 Å². The van der Waals surface area contributed by atoms with Gasteiger partial charge >= 0.3 is 6.18 Å². The fraction of sp³-hybridized carbons (Fsp3) is 0.364. The zero-order valence-electron chi connectivity index (χ0n) is 17.8. The molecule has 7 nitrogen and oxygen atoms in total. The summed E-state index contributed by atoms with van der Waals surface area (Å²) < 4.78 is 71.3. The molecule has 1 amide bonds. The van der Waals surface area contributed by atoms with Crippen molar-refractivity contribution in [3.05, 3.63) is 59.8 Å². The molecule has 2 aliphatic rings. The molecule has 1 N–H and O–H groups in total. The number of fused-ring (bicyclic) bond motifs is 1. The number of carbonyl (C=O) groups excluding carboxylic acids is 1. The topological polar surface area (TPSA) is 88.6 Å². The molecule has 1 aromatic heterocycles. The quantitative estimate of drug-likeness (QED) is 0.581. The van der Waals surface area contributed by atoms with Gasteiger partial charge in [0.15, 0.2) is 0 Å². The molecular weight excluding hydrogens is 495 g/mol. The van der Waals surface area contributed by atoms with E-state index in [0.717, 1.165) is 0 Å². The number of sulfonamides is 1. The van der Waals surface area contributed by atoms with Crippen LogP contribution in [0.25, 0.3) is 0 Å². The van der Waals surface area contributed by atoms with Gasteiger partial charge in [0, 0.05) is 25.3 Å². The highest BCUT2D eigenvalue weighted by molar-refractivity contribution is 7.89. The second-order valence-electron chi connectivity index (χ2n) is 8.31. The molecule has 182 valence electrons. The third-order valence-electron chi connectivity index (χ3n) is 6.06. The Morgan fingerprint density at radius 3 is 2.35 bits per heavy atom. The van der Waals surface area contributed by atoms with Crippen LogP contribution in [0.4, 0.5) is 13.2 Å². The van der Waals surface area contributed by atoms with E-state index in [1.54, 1.807) is 0 Å². The molecule has 1 aliphatic heterocycles. The first kappa shape index (κ1) is 24.5. The van der Waals surface area contributed by atoms with E-state index in [2.05, 4.69) is 16.9 Å². The Bertz CT molecular complexity index is 1190. The van der Waals surface area contributed by atoms with Crippen molar-refractivity contribution in [2.24, 2.45) is 11.8 Å². The average Bonchev–Trinajstić information content (AvgIpc) is 3.34. The lowest BCUT2D eigenvalue weighted by Gasteiger charge is -2.19. The maximum Gasteiger partial charge on any atom is 0.417 e. The summed E-state index contributed by atoms with van der Waals surface area (Å²) in [6.07, 6.45) is -1.33. The highest BCUT2D eigenvalue weighted by atomic mass is 35.5. The highest BCUT2D eigenvalue weighted by Crippen LogP contribution is 2.40. The molecule has 1 aliphatic carbocycles. The van der Waals surface area contributed by atoms with Crippen LogP contribution in [0.5, 0.6) is 11.6 Å². The van der Waals surface area contributed by atoms with Gasteiger partial charge in [-0.25, -0.2) is 13.4 Å². The van der Waals surface area contributed by atoms with Gasteiger partial charge in [0.1, 0.15) is 10.8 Å². The van der Waals surface area contributed by atoms with Crippen LogP contribution >= 0.6 is 11.6 Å². The molecule has 2 atom stereocenters. The monoisotopic (exact) mass is 515 g/mol. The number of pyridine rings is 1.